The van der Waals surface area contributed by atoms with Gasteiger partial charge in [-0.1, -0.05) is 17.7 Å². The van der Waals surface area contributed by atoms with Crippen LogP contribution in [0.2, 0.25) is 4.47 Å². The highest BCUT2D eigenvalue weighted by Gasteiger charge is 2.20. The standard InChI is InChI=1S/C16H19ClN4OS/c1-20-5-7-21(8-6-20)15(22)12-3-2-4-13(9-12)18-10-14-11-19-16(17)23-14/h2-4,9,11,18H,5-8,10H2,1H3. The zero-order valence-electron chi connectivity index (χ0n) is 13.0. The van der Waals surface area contributed by atoms with Crippen LogP contribution in [0.15, 0.2) is 30.5 Å². The highest BCUT2D eigenvalue weighted by molar-refractivity contribution is 7.15. The molecule has 3 rings (SSSR count). The van der Waals surface area contributed by atoms with E-state index in [4.69, 9.17) is 11.6 Å². The maximum atomic E-state index is 12.6. The lowest BCUT2D eigenvalue weighted by Gasteiger charge is -2.32. The van der Waals surface area contributed by atoms with Crippen LogP contribution in [0.3, 0.4) is 0 Å². The largest absolute Gasteiger partial charge is 0.380 e. The first-order valence-corrected chi connectivity index (χ1v) is 8.73. The fourth-order valence-corrected chi connectivity index (χ4v) is 3.43. The molecule has 23 heavy (non-hydrogen) atoms. The molecule has 1 fully saturated rings. The van der Waals surface area contributed by atoms with Gasteiger partial charge in [0.2, 0.25) is 0 Å². The summed E-state index contributed by atoms with van der Waals surface area (Å²) in [7, 11) is 2.08. The predicted octanol–water partition coefficient (Wildman–Crippen LogP) is 2.80. The van der Waals surface area contributed by atoms with E-state index in [1.807, 2.05) is 29.2 Å². The first-order chi connectivity index (χ1) is 11.1. The molecule has 7 heteroatoms. The van der Waals surface area contributed by atoms with Crippen LogP contribution in [0.5, 0.6) is 0 Å². The van der Waals surface area contributed by atoms with Crippen LogP contribution >= 0.6 is 22.9 Å². The molecule has 0 radical (unpaired) electrons. The normalized spacial score (nSPS) is 15.7. The summed E-state index contributed by atoms with van der Waals surface area (Å²) in [5.74, 6) is 0.0996. The molecule has 1 aliphatic heterocycles. The summed E-state index contributed by atoms with van der Waals surface area (Å²) in [5, 5.41) is 3.31. The molecule has 5 nitrogen and oxygen atoms in total. The number of likely N-dealkylation sites (N-methyl/N-ethyl adjacent to an activating group) is 1. The lowest BCUT2D eigenvalue weighted by atomic mass is 10.1. The molecule has 2 heterocycles. The number of benzene rings is 1. The minimum Gasteiger partial charge on any atom is -0.380 e. The minimum absolute atomic E-state index is 0.0996. The van der Waals surface area contributed by atoms with E-state index in [0.29, 0.717) is 11.0 Å². The molecule has 1 aliphatic rings. The van der Waals surface area contributed by atoms with Crippen molar-refractivity contribution >= 4 is 34.5 Å². The van der Waals surface area contributed by atoms with Crippen molar-refractivity contribution in [1.29, 1.82) is 0 Å². The first kappa shape index (κ1) is 16.2. The Morgan fingerprint density at radius 2 is 2.13 bits per heavy atom. The van der Waals surface area contributed by atoms with Crippen molar-refractivity contribution in [3.8, 4) is 0 Å². The third-order valence-corrected chi connectivity index (χ3v) is 5.01. The molecule has 1 N–H and O–H groups in total. The van der Waals surface area contributed by atoms with Crippen molar-refractivity contribution in [3.05, 3.63) is 45.4 Å². The molecule has 1 aromatic carbocycles. The SMILES string of the molecule is CN1CCN(C(=O)c2cccc(NCc3cnc(Cl)s3)c2)CC1. The van der Waals surface area contributed by atoms with Crippen LogP contribution in [0.25, 0.3) is 0 Å². The first-order valence-electron chi connectivity index (χ1n) is 7.54. The van der Waals surface area contributed by atoms with Crippen molar-refractivity contribution in [1.82, 2.24) is 14.8 Å². The predicted molar refractivity (Wildman–Crippen MR) is 94.3 cm³/mol. The van der Waals surface area contributed by atoms with Crippen LogP contribution in [0.4, 0.5) is 5.69 Å². The molecule has 0 aliphatic carbocycles. The monoisotopic (exact) mass is 350 g/mol. The van der Waals surface area contributed by atoms with Crippen LogP contribution in [0, 0.1) is 0 Å². The molecule has 2 aromatic rings. The number of aromatic nitrogens is 1. The van der Waals surface area contributed by atoms with E-state index in [2.05, 4.69) is 22.2 Å². The molecule has 0 unspecified atom stereocenters. The molecule has 0 saturated carbocycles. The Balaban J connectivity index is 1.63. The summed E-state index contributed by atoms with van der Waals surface area (Å²) in [4.78, 5) is 21.8. The number of carbonyl (C=O) groups excluding carboxylic acids is 1. The van der Waals surface area contributed by atoms with Gasteiger partial charge in [0.1, 0.15) is 0 Å². The number of amides is 1. The third kappa shape index (κ3) is 4.22. The minimum atomic E-state index is 0.0996. The van der Waals surface area contributed by atoms with Gasteiger partial charge in [-0.3, -0.25) is 4.79 Å². The van der Waals surface area contributed by atoms with Crippen molar-refractivity contribution in [3.63, 3.8) is 0 Å². The molecule has 0 bridgehead atoms. The summed E-state index contributed by atoms with van der Waals surface area (Å²) < 4.78 is 0.542. The van der Waals surface area contributed by atoms with Gasteiger partial charge in [0.25, 0.3) is 5.91 Å². The molecule has 122 valence electrons. The highest BCUT2D eigenvalue weighted by atomic mass is 35.5. The second kappa shape index (κ2) is 7.29. The highest BCUT2D eigenvalue weighted by Crippen LogP contribution is 2.20. The van der Waals surface area contributed by atoms with Gasteiger partial charge in [-0.15, -0.1) is 11.3 Å². The fraction of sp³-hybridized carbons (Fsp3) is 0.375. The second-order valence-corrected chi connectivity index (χ2v) is 7.31. The van der Waals surface area contributed by atoms with Crippen molar-refractivity contribution in [2.24, 2.45) is 0 Å². The number of hydrogen-bond acceptors (Lipinski definition) is 5. The maximum Gasteiger partial charge on any atom is 0.254 e. The quantitative estimate of drug-likeness (QED) is 0.921. The lowest BCUT2D eigenvalue weighted by molar-refractivity contribution is 0.0664. The number of nitrogens with zero attached hydrogens (tertiary/aromatic N) is 3. The summed E-state index contributed by atoms with van der Waals surface area (Å²) in [6, 6.07) is 7.65. The number of nitrogens with one attached hydrogen (secondary N) is 1. The van der Waals surface area contributed by atoms with Gasteiger partial charge in [-0.05, 0) is 25.2 Å². The van der Waals surface area contributed by atoms with E-state index in [-0.39, 0.29) is 5.91 Å². The van der Waals surface area contributed by atoms with E-state index in [0.717, 1.165) is 42.3 Å². The molecular formula is C16H19ClN4OS. The number of anilines is 1. The average molecular weight is 351 g/mol. The van der Waals surface area contributed by atoms with Crippen LogP contribution in [-0.4, -0.2) is 53.9 Å². The summed E-state index contributed by atoms with van der Waals surface area (Å²) in [6.07, 6.45) is 1.76. The maximum absolute atomic E-state index is 12.6. The van der Waals surface area contributed by atoms with Crippen molar-refractivity contribution in [2.45, 2.75) is 6.54 Å². The number of thiazole rings is 1. The molecule has 0 spiro atoms. The summed E-state index contributed by atoms with van der Waals surface area (Å²) in [5.41, 5.74) is 1.65. The van der Waals surface area contributed by atoms with Crippen LogP contribution in [-0.2, 0) is 6.54 Å². The molecule has 1 amide bonds. The van der Waals surface area contributed by atoms with E-state index in [1.165, 1.54) is 11.3 Å². The zero-order valence-corrected chi connectivity index (χ0v) is 14.5. The number of rotatable bonds is 4. The smallest absolute Gasteiger partial charge is 0.254 e. The summed E-state index contributed by atoms with van der Waals surface area (Å²) in [6.45, 7) is 4.07. The molecule has 0 atom stereocenters. The van der Waals surface area contributed by atoms with Crippen molar-refractivity contribution in [2.75, 3.05) is 38.5 Å². The van der Waals surface area contributed by atoms with Crippen LogP contribution in [0.1, 0.15) is 15.2 Å². The Kier molecular flexibility index (Phi) is 5.15. The Bertz CT molecular complexity index is 682. The van der Waals surface area contributed by atoms with Gasteiger partial charge in [0.15, 0.2) is 4.47 Å². The van der Waals surface area contributed by atoms with E-state index in [9.17, 15) is 4.79 Å². The Morgan fingerprint density at radius 3 is 2.83 bits per heavy atom. The number of hydrogen-bond donors (Lipinski definition) is 1. The van der Waals surface area contributed by atoms with Crippen molar-refractivity contribution < 1.29 is 4.79 Å². The van der Waals surface area contributed by atoms with Gasteiger partial charge in [-0.2, -0.15) is 0 Å². The van der Waals surface area contributed by atoms with Crippen LogP contribution < -0.4 is 5.32 Å². The fourth-order valence-electron chi connectivity index (χ4n) is 2.51. The van der Waals surface area contributed by atoms with Gasteiger partial charge in [0, 0.05) is 48.5 Å². The van der Waals surface area contributed by atoms with Gasteiger partial charge in [0.05, 0.1) is 6.54 Å². The molecule has 1 saturated heterocycles. The number of halogens is 1. The van der Waals surface area contributed by atoms with E-state index >= 15 is 0 Å². The average Bonchev–Trinajstić information content (AvgIpc) is 2.99. The topological polar surface area (TPSA) is 48.5 Å². The van der Waals surface area contributed by atoms with Gasteiger partial charge < -0.3 is 15.1 Å². The van der Waals surface area contributed by atoms with Gasteiger partial charge >= 0.3 is 0 Å². The van der Waals surface area contributed by atoms with E-state index < -0.39 is 0 Å². The molecular weight excluding hydrogens is 332 g/mol. The Hall–Kier alpha value is -1.63. The Labute approximate surface area is 144 Å². The zero-order chi connectivity index (χ0) is 16.2. The lowest BCUT2D eigenvalue weighted by Crippen LogP contribution is -2.47. The Morgan fingerprint density at radius 1 is 1.35 bits per heavy atom. The number of piperazine rings is 1. The van der Waals surface area contributed by atoms with Gasteiger partial charge in [-0.25, -0.2) is 4.98 Å². The van der Waals surface area contributed by atoms with E-state index in [1.54, 1.807) is 6.20 Å². The second-order valence-electron chi connectivity index (χ2n) is 5.61. The molecule has 1 aromatic heterocycles. The number of carbonyl (C=O) groups is 1. The summed E-state index contributed by atoms with van der Waals surface area (Å²) >= 11 is 7.28. The third-order valence-electron chi connectivity index (χ3n) is 3.89.